The number of nitrogens with zero attached hydrogens (tertiary/aromatic N) is 3. The fraction of sp³-hybridized carbons (Fsp3) is 0.278. The van der Waals surface area contributed by atoms with Crippen molar-refractivity contribution in [3.63, 3.8) is 0 Å². The largest absolute Gasteiger partial charge is 0.496 e. The number of nitrogens with one attached hydrogen (secondary N) is 2. The van der Waals surface area contributed by atoms with Crippen LogP contribution in [0.3, 0.4) is 0 Å². The molecule has 0 fully saturated rings. The number of hydrogen-bond acceptors (Lipinski definition) is 4. The van der Waals surface area contributed by atoms with Gasteiger partial charge in [0.2, 0.25) is 0 Å². The van der Waals surface area contributed by atoms with Gasteiger partial charge in [-0.1, -0.05) is 18.2 Å². The molecule has 2 N–H and O–H groups in total. The number of methoxy groups -OCH3 is 1. The van der Waals surface area contributed by atoms with Crippen molar-refractivity contribution >= 4 is 5.91 Å². The van der Waals surface area contributed by atoms with Gasteiger partial charge >= 0.3 is 0 Å². The van der Waals surface area contributed by atoms with Crippen molar-refractivity contribution in [2.24, 2.45) is 7.05 Å². The Balaban J connectivity index is 1.71. The summed E-state index contributed by atoms with van der Waals surface area (Å²) in [5.41, 5.74) is 3.23. The number of aryl methyl sites for hydroxylation is 1. The van der Waals surface area contributed by atoms with Gasteiger partial charge in [0.1, 0.15) is 17.3 Å². The number of ether oxygens (including phenoxy) is 1. The lowest BCUT2D eigenvalue weighted by Crippen LogP contribution is -2.26. The Morgan fingerprint density at radius 2 is 2.16 bits per heavy atom. The highest BCUT2D eigenvalue weighted by Gasteiger charge is 2.28. The van der Waals surface area contributed by atoms with Crippen LogP contribution >= 0.6 is 0 Å². The molecule has 128 valence electrons. The first-order chi connectivity index (χ1) is 12.2. The molecule has 1 aliphatic heterocycles. The summed E-state index contributed by atoms with van der Waals surface area (Å²) >= 11 is 0. The second-order valence-corrected chi connectivity index (χ2v) is 6.17. The Morgan fingerprint density at radius 3 is 2.92 bits per heavy atom. The highest BCUT2D eigenvalue weighted by atomic mass is 16.5. The van der Waals surface area contributed by atoms with Gasteiger partial charge in [-0.25, -0.2) is 4.98 Å². The number of carbonyl (C=O) groups is 1. The van der Waals surface area contributed by atoms with Crippen LogP contribution in [0.5, 0.6) is 5.75 Å². The Kier molecular flexibility index (Phi) is 3.76. The third-order valence-corrected chi connectivity index (χ3v) is 4.51. The van der Waals surface area contributed by atoms with Gasteiger partial charge in [-0.3, -0.25) is 9.48 Å². The van der Waals surface area contributed by atoms with E-state index in [0.717, 1.165) is 22.6 Å². The van der Waals surface area contributed by atoms with Gasteiger partial charge in [0.15, 0.2) is 0 Å². The molecule has 0 bridgehead atoms. The van der Waals surface area contributed by atoms with Gasteiger partial charge in [-0.05, 0) is 18.1 Å². The maximum atomic E-state index is 12.4. The predicted molar refractivity (Wildman–Crippen MR) is 92.6 cm³/mol. The fourth-order valence-corrected chi connectivity index (χ4v) is 3.27. The van der Waals surface area contributed by atoms with E-state index in [1.165, 1.54) is 0 Å². The van der Waals surface area contributed by atoms with Crippen LogP contribution in [0.1, 0.15) is 27.7 Å². The lowest BCUT2D eigenvalue weighted by molar-refractivity contribution is 0.0950. The summed E-state index contributed by atoms with van der Waals surface area (Å²) in [5.74, 6) is 1.45. The molecular weight excluding hydrogens is 318 g/mol. The summed E-state index contributed by atoms with van der Waals surface area (Å²) in [4.78, 5) is 20.2. The van der Waals surface area contributed by atoms with E-state index in [4.69, 9.17) is 4.74 Å². The third-order valence-electron chi connectivity index (χ3n) is 4.51. The van der Waals surface area contributed by atoms with Gasteiger partial charge in [0.25, 0.3) is 5.91 Å². The minimum absolute atomic E-state index is 0.114. The van der Waals surface area contributed by atoms with Crippen molar-refractivity contribution in [2.75, 3.05) is 13.7 Å². The molecule has 7 heteroatoms. The number of para-hydroxylation sites is 1. The van der Waals surface area contributed by atoms with Crippen molar-refractivity contribution in [2.45, 2.75) is 12.3 Å². The molecule has 1 aromatic carbocycles. The Morgan fingerprint density at radius 1 is 1.32 bits per heavy atom. The van der Waals surface area contributed by atoms with Crippen LogP contribution in [-0.2, 0) is 13.5 Å². The Hall–Kier alpha value is -3.09. The van der Waals surface area contributed by atoms with Gasteiger partial charge in [0, 0.05) is 31.4 Å². The standard InChI is InChI=1S/C18H19N5O2/c1-23-10-12(9-20-23)17-21-14-7-11(8-19-18(24)16(14)22-17)13-5-3-4-6-15(13)25-2/h3-6,9-11H,7-8H2,1-2H3,(H,19,24)(H,21,22)/t11-/m0/s1. The van der Waals surface area contributed by atoms with Crippen molar-refractivity contribution in [3.05, 3.63) is 53.6 Å². The minimum atomic E-state index is -0.154. The van der Waals surface area contributed by atoms with Crippen LogP contribution in [-0.4, -0.2) is 39.3 Å². The first-order valence-corrected chi connectivity index (χ1v) is 8.14. The smallest absolute Gasteiger partial charge is 0.271 e. The topological polar surface area (TPSA) is 84.8 Å². The number of carbonyl (C=O) groups excluding carboxylic acids is 1. The van der Waals surface area contributed by atoms with Crippen LogP contribution in [0.2, 0.25) is 0 Å². The number of rotatable bonds is 3. The van der Waals surface area contributed by atoms with E-state index >= 15 is 0 Å². The Bertz CT molecular complexity index is 927. The number of benzene rings is 1. The SMILES string of the molecule is COc1ccccc1[C@@H]1CNC(=O)c2nc(-c3cnn(C)c3)[nH]c2C1. The van der Waals surface area contributed by atoms with Crippen LogP contribution in [0.15, 0.2) is 36.7 Å². The zero-order chi connectivity index (χ0) is 17.4. The first-order valence-electron chi connectivity index (χ1n) is 8.14. The second-order valence-electron chi connectivity index (χ2n) is 6.17. The molecule has 7 nitrogen and oxygen atoms in total. The highest BCUT2D eigenvalue weighted by Crippen LogP contribution is 2.31. The van der Waals surface area contributed by atoms with E-state index in [2.05, 4.69) is 20.4 Å². The summed E-state index contributed by atoms with van der Waals surface area (Å²) in [6, 6.07) is 7.91. The average Bonchev–Trinajstić information content (AvgIpc) is 3.21. The predicted octanol–water partition coefficient (Wildman–Crippen LogP) is 1.89. The lowest BCUT2D eigenvalue weighted by Gasteiger charge is -2.17. The van der Waals surface area contributed by atoms with Gasteiger partial charge < -0.3 is 15.0 Å². The Labute approximate surface area is 145 Å². The summed E-state index contributed by atoms with van der Waals surface area (Å²) in [7, 11) is 3.51. The van der Waals surface area contributed by atoms with E-state index in [0.29, 0.717) is 24.5 Å². The second kappa shape index (κ2) is 6.08. The number of fused-ring (bicyclic) bond motifs is 1. The van der Waals surface area contributed by atoms with Gasteiger partial charge in [-0.15, -0.1) is 0 Å². The highest BCUT2D eigenvalue weighted by molar-refractivity contribution is 5.94. The van der Waals surface area contributed by atoms with Crippen molar-refractivity contribution < 1.29 is 9.53 Å². The summed E-state index contributed by atoms with van der Waals surface area (Å²) < 4.78 is 7.19. The van der Waals surface area contributed by atoms with Crippen molar-refractivity contribution in [1.82, 2.24) is 25.1 Å². The van der Waals surface area contributed by atoms with E-state index < -0.39 is 0 Å². The minimum Gasteiger partial charge on any atom is -0.496 e. The number of aromatic amines is 1. The van der Waals surface area contributed by atoms with Gasteiger partial charge in [-0.2, -0.15) is 5.10 Å². The maximum absolute atomic E-state index is 12.4. The molecule has 1 atom stereocenters. The van der Waals surface area contributed by atoms with Crippen molar-refractivity contribution in [1.29, 1.82) is 0 Å². The molecule has 0 saturated heterocycles. The van der Waals surface area contributed by atoms with E-state index in [-0.39, 0.29) is 11.8 Å². The molecule has 1 aliphatic rings. The summed E-state index contributed by atoms with van der Waals surface area (Å²) in [6.45, 7) is 0.547. The molecule has 4 rings (SSSR count). The molecule has 0 spiro atoms. The molecule has 25 heavy (non-hydrogen) atoms. The quantitative estimate of drug-likeness (QED) is 0.764. The monoisotopic (exact) mass is 337 g/mol. The van der Waals surface area contributed by atoms with Crippen LogP contribution in [0, 0.1) is 0 Å². The molecule has 3 heterocycles. The average molecular weight is 337 g/mol. The number of H-pyrrole nitrogens is 1. The third kappa shape index (κ3) is 2.77. The van der Waals surface area contributed by atoms with E-state index in [9.17, 15) is 4.79 Å². The number of amides is 1. The van der Waals surface area contributed by atoms with E-state index in [1.807, 2.05) is 37.5 Å². The molecule has 2 aromatic heterocycles. The van der Waals surface area contributed by atoms with Crippen LogP contribution in [0.4, 0.5) is 0 Å². The lowest BCUT2D eigenvalue weighted by atomic mass is 9.93. The molecule has 1 amide bonds. The van der Waals surface area contributed by atoms with Crippen LogP contribution < -0.4 is 10.1 Å². The molecule has 0 radical (unpaired) electrons. The zero-order valence-electron chi connectivity index (χ0n) is 14.1. The molecule has 0 aliphatic carbocycles. The normalized spacial score (nSPS) is 16.9. The molecular formula is C18H19N5O2. The number of hydrogen-bond donors (Lipinski definition) is 2. The first kappa shape index (κ1) is 15.4. The summed E-state index contributed by atoms with van der Waals surface area (Å²) in [5, 5.41) is 7.13. The summed E-state index contributed by atoms with van der Waals surface area (Å²) in [6.07, 6.45) is 4.28. The number of imidazole rings is 1. The fourth-order valence-electron chi connectivity index (χ4n) is 3.27. The van der Waals surface area contributed by atoms with Crippen LogP contribution in [0.25, 0.3) is 11.4 Å². The molecule has 3 aromatic rings. The molecule has 0 unspecified atom stereocenters. The van der Waals surface area contributed by atoms with E-state index in [1.54, 1.807) is 18.0 Å². The van der Waals surface area contributed by atoms with Gasteiger partial charge in [0.05, 0.1) is 18.9 Å². The van der Waals surface area contributed by atoms with Crippen molar-refractivity contribution in [3.8, 4) is 17.1 Å². The maximum Gasteiger partial charge on any atom is 0.271 e. The number of aromatic nitrogens is 4. The zero-order valence-corrected chi connectivity index (χ0v) is 14.1. The molecule has 0 saturated carbocycles.